The molecule has 3 aromatic rings. The van der Waals surface area contributed by atoms with Gasteiger partial charge in [-0.25, -0.2) is 4.79 Å². The van der Waals surface area contributed by atoms with Gasteiger partial charge >= 0.3 is 5.63 Å². The summed E-state index contributed by atoms with van der Waals surface area (Å²) in [5.74, 6) is 0.421. The van der Waals surface area contributed by atoms with Gasteiger partial charge in [0.25, 0.3) is 0 Å². The van der Waals surface area contributed by atoms with E-state index in [0.717, 1.165) is 23.9 Å². The lowest BCUT2D eigenvalue weighted by Gasteiger charge is -2.14. The van der Waals surface area contributed by atoms with Gasteiger partial charge in [0, 0.05) is 24.5 Å². The van der Waals surface area contributed by atoms with Gasteiger partial charge in [-0.1, -0.05) is 56.3 Å². The Kier molecular flexibility index (Phi) is 5.11. The van der Waals surface area contributed by atoms with Gasteiger partial charge in [0.05, 0.1) is 0 Å². The minimum Gasteiger partial charge on any atom is -0.423 e. The topological polar surface area (TPSA) is 42.2 Å². The van der Waals surface area contributed by atoms with Gasteiger partial charge in [0.1, 0.15) is 5.58 Å². The van der Waals surface area contributed by atoms with E-state index in [4.69, 9.17) is 4.42 Å². The highest BCUT2D eigenvalue weighted by atomic mass is 16.4. The van der Waals surface area contributed by atoms with Crippen molar-refractivity contribution in [3.63, 3.8) is 0 Å². The first-order valence-electron chi connectivity index (χ1n) is 8.48. The van der Waals surface area contributed by atoms with Crippen LogP contribution in [-0.2, 0) is 13.0 Å². The third-order valence-corrected chi connectivity index (χ3v) is 4.44. The van der Waals surface area contributed by atoms with Crippen LogP contribution in [0.1, 0.15) is 36.5 Å². The van der Waals surface area contributed by atoms with E-state index in [-0.39, 0.29) is 5.63 Å². The van der Waals surface area contributed by atoms with Crippen LogP contribution in [0.25, 0.3) is 11.0 Å². The number of fused-ring (bicyclic) bond motifs is 1. The minimum absolute atomic E-state index is 0.288. The van der Waals surface area contributed by atoms with Gasteiger partial charge < -0.3 is 9.73 Å². The molecule has 0 aliphatic rings. The molecule has 1 aromatic heterocycles. The highest BCUT2D eigenvalue weighted by molar-refractivity contribution is 5.80. The molecule has 0 aliphatic carbocycles. The van der Waals surface area contributed by atoms with Crippen LogP contribution >= 0.6 is 0 Å². The molecule has 3 rings (SSSR count). The zero-order valence-corrected chi connectivity index (χ0v) is 14.2. The molecule has 1 N–H and O–H groups in total. The first kappa shape index (κ1) is 16.5. The van der Waals surface area contributed by atoms with Gasteiger partial charge in [-0.05, 0) is 35.1 Å². The number of rotatable bonds is 6. The van der Waals surface area contributed by atoms with Crippen molar-refractivity contribution in [2.75, 3.05) is 6.54 Å². The summed E-state index contributed by atoms with van der Waals surface area (Å²) in [6, 6.07) is 18.1. The van der Waals surface area contributed by atoms with Crippen molar-refractivity contribution in [2.45, 2.75) is 32.7 Å². The molecule has 1 atom stereocenters. The van der Waals surface area contributed by atoms with Crippen LogP contribution in [0.4, 0.5) is 0 Å². The van der Waals surface area contributed by atoms with Crippen molar-refractivity contribution in [2.24, 2.45) is 0 Å². The molecule has 2 aromatic carbocycles. The minimum atomic E-state index is -0.288. The zero-order chi connectivity index (χ0) is 16.9. The highest BCUT2D eigenvalue weighted by Gasteiger charge is 2.08. The second-order valence-corrected chi connectivity index (χ2v) is 6.22. The normalized spacial score (nSPS) is 12.4. The first-order chi connectivity index (χ1) is 11.7. The van der Waals surface area contributed by atoms with E-state index < -0.39 is 0 Å². The summed E-state index contributed by atoms with van der Waals surface area (Å²) in [6.07, 6.45) is 0.927. The lowest BCUT2D eigenvalue weighted by atomic mass is 10.0. The predicted octanol–water partition coefficient (Wildman–Crippen LogP) is 4.25. The van der Waals surface area contributed by atoms with Crippen LogP contribution in [0, 0.1) is 0 Å². The SMILES string of the molecule is CCc1ccc2c(CNC[C@@H](C)c3ccccc3)cc(=O)oc2c1. The van der Waals surface area contributed by atoms with E-state index in [1.807, 2.05) is 12.1 Å². The van der Waals surface area contributed by atoms with Gasteiger partial charge in [0.15, 0.2) is 0 Å². The maximum atomic E-state index is 11.8. The summed E-state index contributed by atoms with van der Waals surface area (Å²) in [6.45, 7) is 5.81. The summed E-state index contributed by atoms with van der Waals surface area (Å²) >= 11 is 0. The van der Waals surface area contributed by atoms with E-state index in [0.29, 0.717) is 18.0 Å². The van der Waals surface area contributed by atoms with Crippen LogP contribution < -0.4 is 10.9 Å². The van der Waals surface area contributed by atoms with Gasteiger partial charge in [-0.2, -0.15) is 0 Å². The van der Waals surface area contributed by atoms with E-state index in [9.17, 15) is 4.79 Å². The Morgan fingerprint density at radius 3 is 2.62 bits per heavy atom. The summed E-state index contributed by atoms with van der Waals surface area (Å²) in [7, 11) is 0. The Hall–Kier alpha value is -2.39. The molecular formula is C21H23NO2. The standard InChI is InChI=1S/C21H23NO2/c1-3-16-9-10-19-18(12-21(23)24-20(19)11-16)14-22-13-15(2)17-7-5-4-6-8-17/h4-12,15,22H,3,13-14H2,1-2H3/t15-/m1/s1. The number of hydrogen-bond acceptors (Lipinski definition) is 3. The summed E-state index contributed by atoms with van der Waals surface area (Å²) in [5, 5.41) is 4.47. The number of aryl methyl sites for hydroxylation is 1. The predicted molar refractivity (Wildman–Crippen MR) is 98.4 cm³/mol. The summed E-state index contributed by atoms with van der Waals surface area (Å²) < 4.78 is 5.36. The fourth-order valence-electron chi connectivity index (χ4n) is 2.96. The largest absolute Gasteiger partial charge is 0.423 e. The fraction of sp³-hybridized carbons (Fsp3) is 0.286. The molecule has 0 spiro atoms. The maximum Gasteiger partial charge on any atom is 0.336 e. The molecule has 1 heterocycles. The van der Waals surface area contributed by atoms with Crippen molar-refractivity contribution in [1.82, 2.24) is 5.32 Å². The van der Waals surface area contributed by atoms with Crippen LogP contribution in [0.2, 0.25) is 0 Å². The van der Waals surface area contributed by atoms with Crippen LogP contribution in [0.3, 0.4) is 0 Å². The molecule has 0 bridgehead atoms. The summed E-state index contributed by atoms with van der Waals surface area (Å²) in [5.41, 5.74) is 3.87. The quantitative estimate of drug-likeness (QED) is 0.690. The molecule has 0 radical (unpaired) electrons. The van der Waals surface area contributed by atoms with Gasteiger partial charge in [0.2, 0.25) is 0 Å². The lowest BCUT2D eigenvalue weighted by Crippen LogP contribution is -2.20. The molecule has 0 unspecified atom stereocenters. The Morgan fingerprint density at radius 2 is 1.88 bits per heavy atom. The molecule has 3 heteroatoms. The third-order valence-electron chi connectivity index (χ3n) is 4.44. The van der Waals surface area contributed by atoms with Crippen molar-refractivity contribution in [1.29, 1.82) is 0 Å². The number of hydrogen-bond donors (Lipinski definition) is 1. The van der Waals surface area contributed by atoms with Crippen LogP contribution in [0.5, 0.6) is 0 Å². The second-order valence-electron chi connectivity index (χ2n) is 6.22. The number of benzene rings is 2. The number of nitrogens with one attached hydrogen (secondary N) is 1. The molecule has 24 heavy (non-hydrogen) atoms. The zero-order valence-electron chi connectivity index (χ0n) is 14.2. The molecule has 0 fully saturated rings. The average Bonchev–Trinajstić information content (AvgIpc) is 2.61. The second kappa shape index (κ2) is 7.45. The monoisotopic (exact) mass is 321 g/mol. The van der Waals surface area contributed by atoms with Gasteiger partial charge in [-0.3, -0.25) is 0 Å². The summed E-state index contributed by atoms with van der Waals surface area (Å²) in [4.78, 5) is 11.8. The first-order valence-corrected chi connectivity index (χ1v) is 8.48. The molecule has 0 amide bonds. The van der Waals surface area contributed by atoms with Crippen molar-refractivity contribution in [3.8, 4) is 0 Å². The smallest absolute Gasteiger partial charge is 0.336 e. The van der Waals surface area contributed by atoms with Crippen molar-refractivity contribution >= 4 is 11.0 Å². The maximum absolute atomic E-state index is 11.8. The van der Waals surface area contributed by atoms with Crippen LogP contribution in [0.15, 0.2) is 63.8 Å². The fourth-order valence-corrected chi connectivity index (χ4v) is 2.96. The Labute approximate surface area is 142 Å². The van der Waals surface area contributed by atoms with Crippen molar-refractivity contribution in [3.05, 3.63) is 81.7 Å². The molecule has 0 aliphatic heterocycles. The van der Waals surface area contributed by atoms with Gasteiger partial charge in [-0.15, -0.1) is 0 Å². The Balaban J connectivity index is 1.74. The highest BCUT2D eigenvalue weighted by Crippen LogP contribution is 2.19. The van der Waals surface area contributed by atoms with Crippen molar-refractivity contribution < 1.29 is 4.42 Å². The Morgan fingerprint density at radius 1 is 1.08 bits per heavy atom. The molecule has 124 valence electrons. The van der Waals surface area contributed by atoms with E-state index in [2.05, 4.69) is 55.6 Å². The van der Waals surface area contributed by atoms with E-state index in [1.165, 1.54) is 11.1 Å². The molecule has 0 saturated heterocycles. The molecular weight excluding hydrogens is 298 g/mol. The van der Waals surface area contributed by atoms with Crippen LogP contribution in [-0.4, -0.2) is 6.54 Å². The van der Waals surface area contributed by atoms with E-state index >= 15 is 0 Å². The average molecular weight is 321 g/mol. The lowest BCUT2D eigenvalue weighted by molar-refractivity contribution is 0.554. The Bertz CT molecular complexity index is 868. The molecule has 3 nitrogen and oxygen atoms in total. The molecule has 0 saturated carbocycles. The van der Waals surface area contributed by atoms with E-state index in [1.54, 1.807) is 6.07 Å². The third kappa shape index (κ3) is 3.74.